The molecular weight excluding hydrogens is 294 g/mol. The molecule has 0 aliphatic carbocycles. The smallest absolute Gasteiger partial charge is 0.338 e. The number of anilines is 1. The van der Waals surface area contributed by atoms with Crippen molar-refractivity contribution in [2.24, 2.45) is 7.05 Å². The maximum atomic E-state index is 12.2. The van der Waals surface area contributed by atoms with Gasteiger partial charge in [-0.1, -0.05) is 17.7 Å². The van der Waals surface area contributed by atoms with Gasteiger partial charge in [0, 0.05) is 7.05 Å². The Kier molecular flexibility index (Phi) is 4.83. The predicted molar refractivity (Wildman–Crippen MR) is 87.4 cm³/mol. The van der Waals surface area contributed by atoms with E-state index in [0.717, 1.165) is 17.0 Å². The Balaban J connectivity index is 2.02. The second-order valence-corrected chi connectivity index (χ2v) is 5.57. The minimum atomic E-state index is -0.900. The lowest BCUT2D eigenvalue weighted by Gasteiger charge is -2.14. The van der Waals surface area contributed by atoms with Gasteiger partial charge in [-0.2, -0.15) is 5.10 Å². The van der Waals surface area contributed by atoms with E-state index in [1.807, 2.05) is 32.9 Å². The Labute approximate surface area is 135 Å². The first-order valence-corrected chi connectivity index (χ1v) is 7.38. The Morgan fingerprint density at radius 1 is 1.17 bits per heavy atom. The fourth-order valence-corrected chi connectivity index (χ4v) is 2.15. The molecule has 0 fully saturated rings. The van der Waals surface area contributed by atoms with Crippen LogP contribution in [0.3, 0.4) is 0 Å². The van der Waals surface area contributed by atoms with Crippen molar-refractivity contribution in [3.8, 4) is 0 Å². The first-order valence-electron chi connectivity index (χ1n) is 7.38. The highest BCUT2D eigenvalue weighted by molar-refractivity contribution is 5.98. The molecule has 6 heteroatoms. The van der Waals surface area contributed by atoms with Crippen LogP contribution in [0.4, 0.5) is 5.69 Å². The molecule has 1 heterocycles. The summed E-state index contributed by atoms with van der Waals surface area (Å²) in [5.41, 5.74) is 3.68. The average molecular weight is 315 g/mol. The highest BCUT2D eigenvalue weighted by Gasteiger charge is 2.21. The molecule has 6 nitrogen and oxygen atoms in total. The van der Waals surface area contributed by atoms with Crippen molar-refractivity contribution >= 4 is 17.6 Å². The summed E-state index contributed by atoms with van der Waals surface area (Å²) in [6.45, 7) is 7.15. The van der Waals surface area contributed by atoms with Crippen LogP contribution in [0.25, 0.3) is 0 Å². The molecule has 2 aromatic rings. The molecule has 1 aromatic heterocycles. The van der Waals surface area contributed by atoms with Gasteiger partial charge in [0.2, 0.25) is 0 Å². The third-order valence-electron chi connectivity index (χ3n) is 3.70. The fraction of sp³-hybridized carbons (Fsp3) is 0.353. The zero-order chi connectivity index (χ0) is 17.1. The van der Waals surface area contributed by atoms with Crippen molar-refractivity contribution in [1.29, 1.82) is 0 Å². The minimum absolute atomic E-state index is 0.385. The average Bonchev–Trinajstić information content (AvgIpc) is 2.74. The number of amides is 1. The van der Waals surface area contributed by atoms with E-state index in [4.69, 9.17) is 4.74 Å². The monoisotopic (exact) mass is 315 g/mol. The van der Waals surface area contributed by atoms with Crippen LogP contribution in [0.2, 0.25) is 0 Å². The topological polar surface area (TPSA) is 73.2 Å². The van der Waals surface area contributed by atoms with Crippen LogP contribution in [0.5, 0.6) is 0 Å². The standard InChI is InChI=1S/C17H21N3O3/c1-10-6-8-14(9-7-10)17(22)23-13(4)16(21)18-15-11(2)19-20(5)12(15)3/h6-9,13H,1-5H3,(H,18,21). The lowest BCUT2D eigenvalue weighted by atomic mass is 10.1. The summed E-state index contributed by atoms with van der Waals surface area (Å²) in [4.78, 5) is 24.3. The van der Waals surface area contributed by atoms with E-state index < -0.39 is 12.1 Å². The minimum Gasteiger partial charge on any atom is -0.449 e. The second kappa shape index (κ2) is 6.64. The number of aromatic nitrogens is 2. The van der Waals surface area contributed by atoms with Gasteiger partial charge in [-0.05, 0) is 39.8 Å². The van der Waals surface area contributed by atoms with E-state index in [0.29, 0.717) is 11.3 Å². The molecule has 0 aliphatic heterocycles. The molecule has 0 radical (unpaired) electrons. The lowest BCUT2D eigenvalue weighted by Crippen LogP contribution is -2.30. The Hall–Kier alpha value is -2.63. The number of nitrogens with one attached hydrogen (secondary N) is 1. The number of rotatable bonds is 4. The van der Waals surface area contributed by atoms with Gasteiger partial charge in [0.25, 0.3) is 5.91 Å². The van der Waals surface area contributed by atoms with Gasteiger partial charge in [0.05, 0.1) is 22.6 Å². The SMILES string of the molecule is Cc1ccc(C(=O)OC(C)C(=O)Nc2c(C)nn(C)c2C)cc1. The van der Waals surface area contributed by atoms with E-state index in [2.05, 4.69) is 10.4 Å². The second-order valence-electron chi connectivity index (χ2n) is 5.57. The van der Waals surface area contributed by atoms with Crippen LogP contribution >= 0.6 is 0 Å². The number of nitrogens with zero attached hydrogens (tertiary/aromatic N) is 2. The normalized spacial score (nSPS) is 11.9. The highest BCUT2D eigenvalue weighted by atomic mass is 16.5. The van der Waals surface area contributed by atoms with Gasteiger partial charge in [-0.25, -0.2) is 4.79 Å². The van der Waals surface area contributed by atoms with Crippen LogP contribution < -0.4 is 5.32 Å². The van der Waals surface area contributed by atoms with Crippen molar-refractivity contribution in [1.82, 2.24) is 9.78 Å². The zero-order valence-corrected chi connectivity index (χ0v) is 14.0. The van der Waals surface area contributed by atoms with Crippen molar-refractivity contribution < 1.29 is 14.3 Å². The van der Waals surface area contributed by atoms with Gasteiger partial charge in [-0.15, -0.1) is 0 Å². The maximum Gasteiger partial charge on any atom is 0.338 e. The molecule has 1 amide bonds. The Bertz CT molecular complexity index is 732. The fourth-order valence-electron chi connectivity index (χ4n) is 2.15. The van der Waals surface area contributed by atoms with Crippen molar-refractivity contribution in [3.63, 3.8) is 0 Å². The molecule has 0 saturated carbocycles. The van der Waals surface area contributed by atoms with Crippen molar-refractivity contribution in [2.75, 3.05) is 5.32 Å². The molecule has 0 bridgehead atoms. The van der Waals surface area contributed by atoms with Crippen molar-refractivity contribution in [3.05, 3.63) is 46.8 Å². The van der Waals surface area contributed by atoms with Gasteiger partial charge < -0.3 is 10.1 Å². The van der Waals surface area contributed by atoms with Gasteiger partial charge in [0.1, 0.15) is 0 Å². The summed E-state index contributed by atoms with van der Waals surface area (Å²) in [6.07, 6.45) is -0.900. The molecule has 0 saturated heterocycles. The molecule has 0 spiro atoms. The quantitative estimate of drug-likeness (QED) is 0.880. The van der Waals surface area contributed by atoms with Crippen LogP contribution in [-0.4, -0.2) is 27.8 Å². The molecule has 1 atom stereocenters. The van der Waals surface area contributed by atoms with Crippen LogP contribution in [0, 0.1) is 20.8 Å². The molecule has 1 unspecified atom stereocenters. The van der Waals surface area contributed by atoms with Gasteiger partial charge in [-0.3, -0.25) is 9.48 Å². The largest absolute Gasteiger partial charge is 0.449 e. The van der Waals surface area contributed by atoms with Crippen LogP contribution in [0.15, 0.2) is 24.3 Å². The molecule has 122 valence electrons. The summed E-state index contributed by atoms with van der Waals surface area (Å²) in [6, 6.07) is 7.00. The number of ether oxygens (including phenoxy) is 1. The third-order valence-corrected chi connectivity index (χ3v) is 3.70. The van der Waals surface area contributed by atoms with Crippen LogP contribution in [0.1, 0.15) is 34.2 Å². The summed E-state index contributed by atoms with van der Waals surface area (Å²) in [5.74, 6) is -0.906. The summed E-state index contributed by atoms with van der Waals surface area (Å²) >= 11 is 0. The van der Waals surface area contributed by atoms with E-state index in [1.54, 1.807) is 30.8 Å². The number of benzene rings is 1. The molecular formula is C17H21N3O3. The number of aryl methyl sites for hydroxylation is 3. The van der Waals surface area contributed by atoms with Gasteiger partial charge in [0.15, 0.2) is 6.10 Å². The number of carbonyl (C=O) groups is 2. The predicted octanol–water partition coefficient (Wildman–Crippen LogP) is 2.53. The summed E-state index contributed by atoms with van der Waals surface area (Å²) in [7, 11) is 1.80. The number of carbonyl (C=O) groups excluding carboxylic acids is 2. The van der Waals surface area contributed by atoms with E-state index in [9.17, 15) is 9.59 Å². The zero-order valence-electron chi connectivity index (χ0n) is 14.0. The number of hydrogen-bond acceptors (Lipinski definition) is 4. The number of esters is 1. The van der Waals surface area contributed by atoms with Crippen molar-refractivity contribution in [2.45, 2.75) is 33.8 Å². The highest BCUT2D eigenvalue weighted by Crippen LogP contribution is 2.19. The summed E-state index contributed by atoms with van der Waals surface area (Å²) < 4.78 is 6.91. The Morgan fingerprint density at radius 2 is 1.78 bits per heavy atom. The first kappa shape index (κ1) is 16.7. The Morgan fingerprint density at radius 3 is 2.30 bits per heavy atom. The number of hydrogen-bond donors (Lipinski definition) is 1. The molecule has 23 heavy (non-hydrogen) atoms. The molecule has 2 rings (SSSR count). The molecule has 1 aromatic carbocycles. The van der Waals surface area contributed by atoms with E-state index >= 15 is 0 Å². The third kappa shape index (κ3) is 3.77. The molecule has 0 aliphatic rings. The maximum absolute atomic E-state index is 12.2. The molecule has 1 N–H and O–H groups in total. The van der Waals surface area contributed by atoms with Crippen LogP contribution in [-0.2, 0) is 16.6 Å². The van der Waals surface area contributed by atoms with Gasteiger partial charge >= 0.3 is 5.97 Å². The van der Waals surface area contributed by atoms with E-state index in [-0.39, 0.29) is 5.91 Å². The first-order chi connectivity index (χ1) is 10.8. The summed E-state index contributed by atoms with van der Waals surface area (Å²) in [5, 5.41) is 7.00. The van der Waals surface area contributed by atoms with E-state index in [1.165, 1.54) is 0 Å². The lowest BCUT2D eigenvalue weighted by molar-refractivity contribution is -0.123.